The van der Waals surface area contributed by atoms with Gasteiger partial charge in [0.25, 0.3) is 0 Å². The number of carbonyl (C=O) groups is 2. The van der Waals surface area contributed by atoms with E-state index in [0.29, 0.717) is 13.2 Å². The van der Waals surface area contributed by atoms with Gasteiger partial charge in [-0.25, -0.2) is 0 Å². The standard InChI is InChI=1S/C17H25N3O3/c1-11-4-3-5-12(2)16(11)20-14(21)10-19-17(22)15(18)13-6-8-23-9-7-13/h3-5,13,15H,6-10,18H2,1-2H3,(H,19,22)(H,20,21). The number of amides is 2. The first-order valence-electron chi connectivity index (χ1n) is 7.96. The van der Waals surface area contributed by atoms with E-state index in [-0.39, 0.29) is 24.3 Å². The Morgan fingerprint density at radius 1 is 1.26 bits per heavy atom. The predicted molar refractivity (Wildman–Crippen MR) is 89.1 cm³/mol. The molecule has 0 aliphatic carbocycles. The van der Waals surface area contributed by atoms with Crippen LogP contribution in [0.5, 0.6) is 0 Å². The van der Waals surface area contributed by atoms with Gasteiger partial charge in [0.05, 0.1) is 12.6 Å². The molecule has 1 heterocycles. The van der Waals surface area contributed by atoms with Gasteiger partial charge in [-0.15, -0.1) is 0 Å². The molecule has 1 saturated heterocycles. The van der Waals surface area contributed by atoms with Gasteiger partial charge in [0.2, 0.25) is 11.8 Å². The molecule has 0 spiro atoms. The Kier molecular flexibility index (Phi) is 6.12. The van der Waals surface area contributed by atoms with Crippen LogP contribution in [-0.2, 0) is 14.3 Å². The van der Waals surface area contributed by atoms with Crippen molar-refractivity contribution in [2.24, 2.45) is 11.7 Å². The Morgan fingerprint density at radius 2 is 1.87 bits per heavy atom. The van der Waals surface area contributed by atoms with Crippen LogP contribution in [0.15, 0.2) is 18.2 Å². The quantitative estimate of drug-likeness (QED) is 0.758. The highest BCUT2D eigenvalue weighted by Crippen LogP contribution is 2.19. The molecule has 0 bridgehead atoms. The highest BCUT2D eigenvalue weighted by molar-refractivity contribution is 5.96. The van der Waals surface area contributed by atoms with Gasteiger partial charge in [0.15, 0.2) is 0 Å². The first-order chi connectivity index (χ1) is 11.0. The van der Waals surface area contributed by atoms with Crippen molar-refractivity contribution in [2.45, 2.75) is 32.7 Å². The molecule has 6 nitrogen and oxygen atoms in total. The fraction of sp³-hybridized carbons (Fsp3) is 0.529. The maximum atomic E-state index is 12.1. The maximum Gasteiger partial charge on any atom is 0.243 e. The van der Waals surface area contributed by atoms with E-state index in [4.69, 9.17) is 10.5 Å². The summed E-state index contributed by atoms with van der Waals surface area (Å²) in [5, 5.41) is 5.46. The second-order valence-electron chi connectivity index (χ2n) is 6.01. The smallest absolute Gasteiger partial charge is 0.243 e. The summed E-state index contributed by atoms with van der Waals surface area (Å²) in [7, 11) is 0. The van der Waals surface area contributed by atoms with Crippen LogP contribution < -0.4 is 16.4 Å². The fourth-order valence-electron chi connectivity index (χ4n) is 2.77. The first-order valence-corrected chi connectivity index (χ1v) is 7.96. The lowest BCUT2D eigenvalue weighted by molar-refractivity contribution is -0.126. The van der Waals surface area contributed by atoms with Crippen molar-refractivity contribution in [2.75, 3.05) is 25.1 Å². The number of benzene rings is 1. The van der Waals surface area contributed by atoms with Crippen molar-refractivity contribution >= 4 is 17.5 Å². The molecule has 1 atom stereocenters. The molecule has 0 saturated carbocycles. The average Bonchev–Trinajstić information content (AvgIpc) is 2.56. The van der Waals surface area contributed by atoms with E-state index in [1.807, 2.05) is 32.0 Å². The molecule has 0 radical (unpaired) electrons. The summed E-state index contributed by atoms with van der Waals surface area (Å²) < 4.78 is 5.27. The van der Waals surface area contributed by atoms with Crippen LogP contribution in [0.4, 0.5) is 5.69 Å². The lowest BCUT2D eigenvalue weighted by Gasteiger charge is -2.26. The van der Waals surface area contributed by atoms with Crippen LogP contribution in [0, 0.1) is 19.8 Å². The highest BCUT2D eigenvalue weighted by Gasteiger charge is 2.26. The lowest BCUT2D eigenvalue weighted by Crippen LogP contribution is -2.48. The van der Waals surface area contributed by atoms with Gasteiger partial charge in [-0.3, -0.25) is 9.59 Å². The Bertz CT molecular complexity index is 548. The van der Waals surface area contributed by atoms with Gasteiger partial charge in [-0.2, -0.15) is 0 Å². The van der Waals surface area contributed by atoms with Crippen molar-refractivity contribution in [3.63, 3.8) is 0 Å². The van der Waals surface area contributed by atoms with Gasteiger partial charge < -0.3 is 21.1 Å². The zero-order valence-corrected chi connectivity index (χ0v) is 13.7. The Labute approximate surface area is 136 Å². The topological polar surface area (TPSA) is 93.5 Å². The highest BCUT2D eigenvalue weighted by atomic mass is 16.5. The third kappa shape index (κ3) is 4.77. The minimum absolute atomic E-state index is 0.0798. The molecule has 1 aliphatic heterocycles. The van der Waals surface area contributed by atoms with Crippen molar-refractivity contribution in [1.82, 2.24) is 5.32 Å². The van der Waals surface area contributed by atoms with Gasteiger partial charge in [0.1, 0.15) is 0 Å². The Hall–Kier alpha value is -1.92. The summed E-state index contributed by atoms with van der Waals surface area (Å²) in [5.41, 5.74) is 8.75. The number of anilines is 1. The molecule has 4 N–H and O–H groups in total. The number of hydrogen-bond acceptors (Lipinski definition) is 4. The van der Waals surface area contributed by atoms with Crippen LogP contribution in [0.2, 0.25) is 0 Å². The first kappa shape index (κ1) is 17.4. The minimum atomic E-state index is -0.591. The van der Waals surface area contributed by atoms with E-state index in [1.54, 1.807) is 0 Å². The number of rotatable bonds is 5. The van der Waals surface area contributed by atoms with Crippen molar-refractivity contribution in [3.05, 3.63) is 29.3 Å². The fourth-order valence-corrected chi connectivity index (χ4v) is 2.77. The van der Waals surface area contributed by atoms with Crippen LogP contribution >= 0.6 is 0 Å². The van der Waals surface area contributed by atoms with Gasteiger partial charge in [-0.1, -0.05) is 18.2 Å². The number of hydrogen-bond donors (Lipinski definition) is 3. The third-order valence-electron chi connectivity index (χ3n) is 4.25. The zero-order chi connectivity index (χ0) is 16.8. The maximum absolute atomic E-state index is 12.1. The Morgan fingerprint density at radius 3 is 2.48 bits per heavy atom. The number of para-hydroxylation sites is 1. The molecule has 23 heavy (non-hydrogen) atoms. The van der Waals surface area contributed by atoms with E-state index in [0.717, 1.165) is 29.7 Å². The predicted octanol–water partition coefficient (Wildman–Crippen LogP) is 1.11. The summed E-state index contributed by atoms with van der Waals surface area (Å²) >= 11 is 0. The summed E-state index contributed by atoms with van der Waals surface area (Å²) in [4.78, 5) is 24.1. The minimum Gasteiger partial charge on any atom is -0.381 e. The van der Waals surface area contributed by atoms with Crippen LogP contribution in [0.1, 0.15) is 24.0 Å². The molecular weight excluding hydrogens is 294 g/mol. The number of aryl methyl sites for hydroxylation is 2. The number of carbonyl (C=O) groups excluding carboxylic acids is 2. The summed E-state index contributed by atoms with van der Waals surface area (Å²) in [6.07, 6.45) is 1.56. The number of ether oxygens (including phenoxy) is 1. The number of nitrogens with one attached hydrogen (secondary N) is 2. The van der Waals surface area contributed by atoms with E-state index >= 15 is 0 Å². The molecule has 1 aliphatic rings. The Balaban J connectivity index is 1.82. The lowest BCUT2D eigenvalue weighted by atomic mass is 9.92. The van der Waals surface area contributed by atoms with E-state index < -0.39 is 6.04 Å². The molecule has 2 amide bonds. The molecule has 6 heteroatoms. The molecule has 1 unspecified atom stereocenters. The molecule has 1 aromatic carbocycles. The van der Waals surface area contributed by atoms with Crippen LogP contribution in [0.25, 0.3) is 0 Å². The second-order valence-corrected chi connectivity index (χ2v) is 6.01. The second kappa shape index (κ2) is 8.08. The van der Waals surface area contributed by atoms with Crippen molar-refractivity contribution in [1.29, 1.82) is 0 Å². The van der Waals surface area contributed by atoms with Gasteiger partial charge >= 0.3 is 0 Å². The number of nitrogens with two attached hydrogens (primary N) is 1. The molecule has 0 aromatic heterocycles. The normalized spacial score (nSPS) is 16.7. The van der Waals surface area contributed by atoms with E-state index in [9.17, 15) is 9.59 Å². The van der Waals surface area contributed by atoms with Gasteiger partial charge in [-0.05, 0) is 43.7 Å². The van der Waals surface area contributed by atoms with E-state index in [2.05, 4.69) is 10.6 Å². The molecule has 1 fully saturated rings. The summed E-state index contributed by atoms with van der Waals surface area (Å²) in [5.74, 6) is -0.422. The zero-order valence-electron chi connectivity index (χ0n) is 13.7. The average molecular weight is 319 g/mol. The van der Waals surface area contributed by atoms with Crippen LogP contribution in [-0.4, -0.2) is 37.6 Å². The van der Waals surface area contributed by atoms with Crippen LogP contribution in [0.3, 0.4) is 0 Å². The molecule has 126 valence electrons. The van der Waals surface area contributed by atoms with Crippen molar-refractivity contribution < 1.29 is 14.3 Å². The molecular formula is C17H25N3O3. The monoisotopic (exact) mass is 319 g/mol. The van der Waals surface area contributed by atoms with E-state index in [1.165, 1.54) is 0 Å². The van der Waals surface area contributed by atoms with Gasteiger partial charge in [0, 0.05) is 18.9 Å². The summed E-state index contributed by atoms with van der Waals surface area (Å²) in [6, 6.07) is 5.21. The SMILES string of the molecule is Cc1cccc(C)c1NC(=O)CNC(=O)C(N)C1CCOCC1. The largest absolute Gasteiger partial charge is 0.381 e. The molecule has 1 aromatic rings. The molecule has 2 rings (SSSR count). The third-order valence-corrected chi connectivity index (χ3v) is 4.25. The van der Waals surface area contributed by atoms with Crippen molar-refractivity contribution in [3.8, 4) is 0 Å². The summed E-state index contributed by atoms with van der Waals surface area (Å²) in [6.45, 7) is 5.06.